The minimum Gasteiger partial charge on any atom is -0.349 e. The van der Waals surface area contributed by atoms with Crippen molar-refractivity contribution in [3.8, 4) is 0 Å². The van der Waals surface area contributed by atoms with E-state index in [0.29, 0.717) is 25.2 Å². The number of pyridine rings is 1. The highest BCUT2D eigenvalue weighted by Crippen LogP contribution is 2.33. The quantitative estimate of drug-likeness (QED) is 0.385. The molecule has 0 spiro atoms. The number of hydrogen-bond acceptors (Lipinski definition) is 4. The second kappa shape index (κ2) is 11.3. The van der Waals surface area contributed by atoms with Gasteiger partial charge in [-0.05, 0) is 17.2 Å². The van der Waals surface area contributed by atoms with E-state index >= 15 is 0 Å². The number of piperazine rings is 1. The van der Waals surface area contributed by atoms with Gasteiger partial charge in [0.2, 0.25) is 5.91 Å². The normalized spacial score (nSPS) is 16.0. The number of rotatable bonds is 6. The standard InChI is InChI=1S/C32H34N4O3/c1-33(2)29(37)20-25-22-35(32(39)27-21-30(38)34(3)28-17-11-10-16-26(27)28)18-19-36(25)31(23-12-6-4-7-13-23)24-14-8-5-9-15-24/h4-17,21,25,31H,18-20,22H2,1-3H3/t25-/m1/s1. The van der Waals surface area contributed by atoms with E-state index in [0.717, 1.165) is 22.0 Å². The SMILES string of the molecule is CN(C)C(=O)C[C@@H]1CN(C(=O)c2cc(=O)n(C)c3ccccc23)CCN1C(c1ccccc1)c1ccccc1. The molecule has 1 aliphatic rings. The van der Waals surface area contributed by atoms with Crippen LogP contribution < -0.4 is 5.56 Å². The van der Waals surface area contributed by atoms with Crippen molar-refractivity contribution >= 4 is 22.7 Å². The maximum atomic E-state index is 13.9. The lowest BCUT2D eigenvalue weighted by Crippen LogP contribution is -2.57. The largest absolute Gasteiger partial charge is 0.349 e. The summed E-state index contributed by atoms with van der Waals surface area (Å²) in [6.45, 7) is 1.47. The summed E-state index contributed by atoms with van der Waals surface area (Å²) in [5.41, 5.74) is 3.19. The van der Waals surface area contributed by atoms with E-state index in [9.17, 15) is 14.4 Å². The molecule has 1 saturated heterocycles. The second-order valence-corrected chi connectivity index (χ2v) is 10.3. The molecule has 0 saturated carbocycles. The molecule has 39 heavy (non-hydrogen) atoms. The van der Waals surface area contributed by atoms with Crippen molar-refractivity contribution in [2.45, 2.75) is 18.5 Å². The van der Waals surface area contributed by atoms with E-state index in [1.165, 1.54) is 6.07 Å². The Morgan fingerprint density at radius 2 is 1.46 bits per heavy atom. The Hall–Kier alpha value is -4.23. The van der Waals surface area contributed by atoms with Crippen molar-refractivity contribution in [1.82, 2.24) is 19.3 Å². The topological polar surface area (TPSA) is 65.9 Å². The van der Waals surface area contributed by atoms with Crippen molar-refractivity contribution in [3.05, 3.63) is 118 Å². The van der Waals surface area contributed by atoms with E-state index in [-0.39, 0.29) is 35.9 Å². The summed E-state index contributed by atoms with van der Waals surface area (Å²) < 4.78 is 1.56. The molecule has 1 aliphatic heterocycles. The first-order valence-corrected chi connectivity index (χ1v) is 13.3. The van der Waals surface area contributed by atoms with E-state index in [1.807, 2.05) is 60.7 Å². The van der Waals surface area contributed by atoms with Gasteiger partial charge in [0.25, 0.3) is 11.5 Å². The van der Waals surface area contributed by atoms with Crippen molar-refractivity contribution < 1.29 is 9.59 Å². The number of para-hydroxylation sites is 1. The van der Waals surface area contributed by atoms with E-state index in [4.69, 9.17) is 0 Å². The lowest BCUT2D eigenvalue weighted by atomic mass is 9.93. The molecule has 0 bridgehead atoms. The Morgan fingerprint density at radius 3 is 2.08 bits per heavy atom. The van der Waals surface area contributed by atoms with Gasteiger partial charge in [0.1, 0.15) is 0 Å². The van der Waals surface area contributed by atoms with Gasteiger partial charge in [0.15, 0.2) is 0 Å². The predicted molar refractivity (Wildman–Crippen MR) is 154 cm³/mol. The van der Waals surface area contributed by atoms with Gasteiger partial charge in [-0.15, -0.1) is 0 Å². The number of carbonyl (C=O) groups is 2. The van der Waals surface area contributed by atoms with E-state index < -0.39 is 0 Å². The first-order chi connectivity index (χ1) is 18.8. The molecule has 3 aromatic carbocycles. The molecule has 2 heterocycles. The Kier molecular flexibility index (Phi) is 7.61. The van der Waals surface area contributed by atoms with E-state index in [1.54, 1.807) is 35.5 Å². The molecule has 1 fully saturated rings. The van der Waals surface area contributed by atoms with Gasteiger partial charge in [-0.25, -0.2) is 0 Å². The highest BCUT2D eigenvalue weighted by molar-refractivity contribution is 6.06. The Morgan fingerprint density at radius 1 is 0.872 bits per heavy atom. The number of fused-ring (bicyclic) bond motifs is 1. The van der Waals surface area contributed by atoms with Gasteiger partial charge in [-0.1, -0.05) is 78.9 Å². The lowest BCUT2D eigenvalue weighted by molar-refractivity contribution is -0.130. The smallest absolute Gasteiger partial charge is 0.254 e. The first kappa shape index (κ1) is 26.4. The van der Waals surface area contributed by atoms with Crippen LogP contribution in [-0.2, 0) is 11.8 Å². The van der Waals surface area contributed by atoms with Gasteiger partial charge in [-0.2, -0.15) is 0 Å². The zero-order valence-electron chi connectivity index (χ0n) is 22.7. The fourth-order valence-electron chi connectivity index (χ4n) is 5.56. The molecule has 7 nitrogen and oxygen atoms in total. The third-order valence-corrected chi connectivity index (χ3v) is 7.67. The van der Waals surface area contributed by atoms with Crippen molar-refractivity contribution in [2.75, 3.05) is 33.7 Å². The molecule has 2 amide bonds. The average molecular weight is 523 g/mol. The fraction of sp³-hybridized carbons (Fsp3) is 0.281. The van der Waals surface area contributed by atoms with Crippen molar-refractivity contribution in [3.63, 3.8) is 0 Å². The highest BCUT2D eigenvalue weighted by Gasteiger charge is 2.37. The summed E-state index contributed by atoms with van der Waals surface area (Å²) in [6.07, 6.45) is 0.282. The maximum Gasteiger partial charge on any atom is 0.254 e. The zero-order chi connectivity index (χ0) is 27.5. The minimum atomic E-state index is -0.219. The van der Waals surface area contributed by atoms with Crippen LogP contribution >= 0.6 is 0 Å². The molecule has 0 aliphatic carbocycles. The van der Waals surface area contributed by atoms with Crippen LogP contribution in [0.2, 0.25) is 0 Å². The molecule has 7 heteroatoms. The number of amides is 2. The number of carbonyl (C=O) groups excluding carboxylic acids is 2. The highest BCUT2D eigenvalue weighted by atomic mass is 16.2. The monoisotopic (exact) mass is 522 g/mol. The van der Waals surface area contributed by atoms with Gasteiger partial charge in [0.05, 0.1) is 17.1 Å². The summed E-state index contributed by atoms with van der Waals surface area (Å²) in [4.78, 5) is 45.4. The van der Waals surface area contributed by atoms with Crippen LogP contribution in [0.25, 0.3) is 10.9 Å². The molecule has 4 aromatic rings. The third kappa shape index (κ3) is 5.36. The summed E-state index contributed by atoms with van der Waals surface area (Å²) in [5, 5.41) is 0.749. The van der Waals surface area contributed by atoms with Crippen LogP contribution in [0.1, 0.15) is 33.9 Å². The minimum absolute atomic E-state index is 0.0122. The van der Waals surface area contributed by atoms with Crippen molar-refractivity contribution in [1.29, 1.82) is 0 Å². The Bertz CT molecular complexity index is 1490. The average Bonchev–Trinajstić information content (AvgIpc) is 2.96. The van der Waals surface area contributed by atoms with Gasteiger partial charge < -0.3 is 14.4 Å². The number of benzene rings is 3. The number of aromatic nitrogens is 1. The molecule has 200 valence electrons. The molecule has 5 rings (SSSR count). The van der Waals surface area contributed by atoms with Crippen LogP contribution in [0.3, 0.4) is 0 Å². The van der Waals surface area contributed by atoms with Crippen molar-refractivity contribution in [2.24, 2.45) is 7.05 Å². The van der Waals surface area contributed by atoms with Gasteiger partial charge >= 0.3 is 0 Å². The van der Waals surface area contributed by atoms with Gasteiger partial charge in [-0.3, -0.25) is 19.3 Å². The zero-order valence-corrected chi connectivity index (χ0v) is 22.7. The second-order valence-electron chi connectivity index (χ2n) is 10.3. The molecule has 1 aromatic heterocycles. The van der Waals surface area contributed by atoms with Crippen LogP contribution in [0.15, 0.2) is 95.8 Å². The number of aryl methyl sites for hydroxylation is 1. The Balaban J connectivity index is 1.52. The molecule has 0 N–H and O–H groups in total. The summed E-state index contributed by atoms with van der Waals surface area (Å²) in [5.74, 6) is -0.167. The lowest BCUT2D eigenvalue weighted by Gasteiger charge is -2.45. The van der Waals surface area contributed by atoms with Crippen LogP contribution in [-0.4, -0.2) is 70.9 Å². The van der Waals surface area contributed by atoms with Crippen LogP contribution in [0.5, 0.6) is 0 Å². The van der Waals surface area contributed by atoms with E-state index in [2.05, 4.69) is 29.2 Å². The molecule has 0 unspecified atom stereocenters. The first-order valence-electron chi connectivity index (χ1n) is 13.3. The molecular weight excluding hydrogens is 488 g/mol. The number of hydrogen-bond donors (Lipinski definition) is 0. The molecule has 1 atom stereocenters. The van der Waals surface area contributed by atoms with Crippen LogP contribution in [0.4, 0.5) is 0 Å². The molecular formula is C32H34N4O3. The van der Waals surface area contributed by atoms with Gasteiger partial charge in [0, 0.05) is 64.7 Å². The predicted octanol–water partition coefficient (Wildman–Crippen LogP) is 3.93. The maximum absolute atomic E-state index is 13.9. The number of nitrogens with zero attached hydrogens (tertiary/aromatic N) is 4. The molecule has 0 radical (unpaired) electrons. The fourth-order valence-corrected chi connectivity index (χ4v) is 5.56. The summed E-state index contributed by atoms with van der Waals surface area (Å²) in [6, 6.07) is 29.3. The van der Waals surface area contributed by atoms with Crippen LogP contribution in [0, 0.1) is 0 Å². The summed E-state index contributed by atoms with van der Waals surface area (Å²) >= 11 is 0. The Labute approximate surface area is 228 Å². The summed E-state index contributed by atoms with van der Waals surface area (Å²) in [7, 11) is 5.24. The third-order valence-electron chi connectivity index (χ3n) is 7.67.